The topological polar surface area (TPSA) is 46.3 Å². The van der Waals surface area contributed by atoms with Crippen LogP contribution in [0.25, 0.3) is 0 Å². The summed E-state index contributed by atoms with van der Waals surface area (Å²) in [6, 6.07) is 7.89. The van der Waals surface area contributed by atoms with E-state index in [1.54, 1.807) is 4.90 Å². The van der Waals surface area contributed by atoms with E-state index in [1.165, 1.54) is 5.56 Å². The van der Waals surface area contributed by atoms with Crippen molar-refractivity contribution in [2.24, 2.45) is 5.73 Å². The summed E-state index contributed by atoms with van der Waals surface area (Å²) in [5.41, 5.74) is 7.38. The van der Waals surface area contributed by atoms with Crippen molar-refractivity contribution in [1.29, 1.82) is 0 Å². The zero-order valence-electron chi connectivity index (χ0n) is 10.2. The molecule has 0 aliphatic heterocycles. The van der Waals surface area contributed by atoms with Gasteiger partial charge < -0.3 is 10.6 Å². The standard InChI is InChI=1S/C13H20N2O/c1-10(2)15(3)13(16)12-6-4-11(5-7-12)8-9-14/h4-7,10H,8-9,14H2,1-3H3. The predicted molar refractivity (Wildman–Crippen MR) is 66.4 cm³/mol. The van der Waals surface area contributed by atoms with Gasteiger partial charge in [0.15, 0.2) is 0 Å². The van der Waals surface area contributed by atoms with Crippen LogP contribution in [0.4, 0.5) is 0 Å². The molecule has 0 spiro atoms. The molecule has 0 atom stereocenters. The average Bonchev–Trinajstić information content (AvgIpc) is 2.28. The Balaban J connectivity index is 2.77. The molecule has 1 aromatic carbocycles. The fourth-order valence-electron chi connectivity index (χ4n) is 1.42. The molecule has 0 radical (unpaired) electrons. The molecule has 3 heteroatoms. The van der Waals surface area contributed by atoms with E-state index in [4.69, 9.17) is 5.73 Å². The molecule has 0 bridgehead atoms. The minimum Gasteiger partial charge on any atom is -0.339 e. The van der Waals surface area contributed by atoms with Crippen molar-refractivity contribution in [3.8, 4) is 0 Å². The number of nitrogens with zero attached hydrogens (tertiary/aromatic N) is 1. The van der Waals surface area contributed by atoms with E-state index in [1.807, 2.05) is 45.2 Å². The van der Waals surface area contributed by atoms with E-state index in [0.717, 1.165) is 12.0 Å². The van der Waals surface area contributed by atoms with E-state index in [2.05, 4.69) is 0 Å². The maximum atomic E-state index is 12.0. The van der Waals surface area contributed by atoms with Crippen LogP contribution in [0.2, 0.25) is 0 Å². The second kappa shape index (κ2) is 5.66. The van der Waals surface area contributed by atoms with Crippen molar-refractivity contribution in [3.05, 3.63) is 35.4 Å². The van der Waals surface area contributed by atoms with E-state index in [-0.39, 0.29) is 11.9 Å². The van der Waals surface area contributed by atoms with Gasteiger partial charge in [0.1, 0.15) is 0 Å². The monoisotopic (exact) mass is 220 g/mol. The summed E-state index contributed by atoms with van der Waals surface area (Å²) in [4.78, 5) is 13.7. The van der Waals surface area contributed by atoms with Gasteiger partial charge in [0, 0.05) is 18.7 Å². The van der Waals surface area contributed by atoms with Gasteiger partial charge in [-0.3, -0.25) is 4.79 Å². The van der Waals surface area contributed by atoms with Crippen LogP contribution in [-0.4, -0.2) is 30.4 Å². The number of carbonyl (C=O) groups is 1. The van der Waals surface area contributed by atoms with Crippen LogP contribution in [0, 0.1) is 0 Å². The normalized spacial score (nSPS) is 10.6. The first-order valence-corrected chi connectivity index (χ1v) is 5.62. The summed E-state index contributed by atoms with van der Waals surface area (Å²) >= 11 is 0. The molecule has 0 aliphatic rings. The van der Waals surface area contributed by atoms with Crippen LogP contribution in [0.15, 0.2) is 24.3 Å². The van der Waals surface area contributed by atoms with Crippen molar-refractivity contribution < 1.29 is 4.79 Å². The van der Waals surface area contributed by atoms with Gasteiger partial charge in [-0.25, -0.2) is 0 Å². The maximum absolute atomic E-state index is 12.0. The van der Waals surface area contributed by atoms with Crippen molar-refractivity contribution in [3.63, 3.8) is 0 Å². The fourth-order valence-corrected chi connectivity index (χ4v) is 1.42. The van der Waals surface area contributed by atoms with Crippen LogP contribution in [0.1, 0.15) is 29.8 Å². The van der Waals surface area contributed by atoms with Crippen molar-refractivity contribution in [2.75, 3.05) is 13.6 Å². The Labute approximate surface area is 97.2 Å². The number of rotatable bonds is 4. The van der Waals surface area contributed by atoms with Crippen molar-refractivity contribution in [1.82, 2.24) is 4.90 Å². The molecule has 0 aromatic heterocycles. The second-order valence-electron chi connectivity index (χ2n) is 4.25. The molecule has 3 nitrogen and oxygen atoms in total. The minimum atomic E-state index is 0.0642. The van der Waals surface area contributed by atoms with E-state index < -0.39 is 0 Å². The van der Waals surface area contributed by atoms with Gasteiger partial charge in [-0.05, 0) is 44.5 Å². The van der Waals surface area contributed by atoms with Crippen molar-refractivity contribution >= 4 is 5.91 Å². The number of benzene rings is 1. The molecule has 1 rings (SSSR count). The molecule has 0 aliphatic carbocycles. The lowest BCUT2D eigenvalue weighted by molar-refractivity contribution is 0.0755. The quantitative estimate of drug-likeness (QED) is 0.839. The molecule has 0 saturated heterocycles. The second-order valence-corrected chi connectivity index (χ2v) is 4.25. The molecule has 88 valence electrons. The van der Waals surface area contributed by atoms with Crippen LogP contribution < -0.4 is 5.73 Å². The first-order chi connectivity index (χ1) is 7.56. The van der Waals surface area contributed by atoms with Gasteiger partial charge in [-0.2, -0.15) is 0 Å². The summed E-state index contributed by atoms with van der Waals surface area (Å²) < 4.78 is 0. The number of hydrogen-bond acceptors (Lipinski definition) is 2. The van der Waals surface area contributed by atoms with Crippen LogP contribution in [0.5, 0.6) is 0 Å². The molecule has 0 fully saturated rings. The zero-order valence-corrected chi connectivity index (χ0v) is 10.2. The molecule has 2 N–H and O–H groups in total. The van der Waals surface area contributed by atoms with Gasteiger partial charge in [-0.15, -0.1) is 0 Å². The minimum absolute atomic E-state index is 0.0642. The molecule has 0 saturated carbocycles. The Morgan fingerprint density at radius 2 is 1.88 bits per heavy atom. The third-order valence-corrected chi connectivity index (χ3v) is 2.73. The first-order valence-electron chi connectivity index (χ1n) is 5.62. The van der Waals surface area contributed by atoms with Gasteiger partial charge in [-0.1, -0.05) is 12.1 Å². The molecule has 1 amide bonds. The Hall–Kier alpha value is -1.35. The van der Waals surface area contributed by atoms with Crippen LogP contribution in [-0.2, 0) is 6.42 Å². The molecule has 0 heterocycles. The summed E-state index contributed by atoms with van der Waals surface area (Å²) in [5.74, 6) is 0.0642. The summed E-state index contributed by atoms with van der Waals surface area (Å²) in [7, 11) is 1.82. The number of carbonyl (C=O) groups excluding carboxylic acids is 1. The fraction of sp³-hybridized carbons (Fsp3) is 0.462. The summed E-state index contributed by atoms with van der Waals surface area (Å²) in [6.45, 7) is 4.64. The highest BCUT2D eigenvalue weighted by atomic mass is 16.2. The summed E-state index contributed by atoms with van der Waals surface area (Å²) in [6.07, 6.45) is 0.856. The first kappa shape index (κ1) is 12.7. The van der Waals surface area contributed by atoms with Gasteiger partial charge >= 0.3 is 0 Å². The summed E-state index contributed by atoms with van der Waals surface area (Å²) in [5, 5.41) is 0. The van der Waals surface area contributed by atoms with Crippen LogP contribution in [0.3, 0.4) is 0 Å². The highest BCUT2D eigenvalue weighted by Crippen LogP contribution is 2.09. The molecule has 1 aromatic rings. The molecule has 0 unspecified atom stereocenters. The third-order valence-electron chi connectivity index (χ3n) is 2.73. The Morgan fingerprint density at radius 1 is 1.31 bits per heavy atom. The number of nitrogens with two attached hydrogens (primary N) is 1. The third kappa shape index (κ3) is 3.07. The smallest absolute Gasteiger partial charge is 0.253 e. The maximum Gasteiger partial charge on any atom is 0.253 e. The average molecular weight is 220 g/mol. The van der Waals surface area contributed by atoms with E-state index >= 15 is 0 Å². The lowest BCUT2D eigenvalue weighted by atomic mass is 10.1. The Morgan fingerprint density at radius 3 is 2.31 bits per heavy atom. The largest absolute Gasteiger partial charge is 0.339 e. The lowest BCUT2D eigenvalue weighted by Crippen LogP contribution is -2.32. The van der Waals surface area contributed by atoms with E-state index in [0.29, 0.717) is 6.54 Å². The molecular formula is C13H20N2O. The van der Waals surface area contributed by atoms with Crippen LogP contribution >= 0.6 is 0 Å². The van der Waals surface area contributed by atoms with Gasteiger partial charge in [0.2, 0.25) is 0 Å². The van der Waals surface area contributed by atoms with Gasteiger partial charge in [0.25, 0.3) is 5.91 Å². The van der Waals surface area contributed by atoms with Gasteiger partial charge in [0.05, 0.1) is 0 Å². The number of hydrogen-bond donors (Lipinski definition) is 1. The SMILES string of the molecule is CC(C)N(C)C(=O)c1ccc(CCN)cc1. The highest BCUT2D eigenvalue weighted by Gasteiger charge is 2.13. The van der Waals surface area contributed by atoms with E-state index in [9.17, 15) is 4.79 Å². The molecule has 16 heavy (non-hydrogen) atoms. The Kier molecular flexibility index (Phi) is 4.50. The number of amides is 1. The predicted octanol–water partition coefficient (Wildman–Crippen LogP) is 1.67. The van der Waals surface area contributed by atoms with Crippen molar-refractivity contribution in [2.45, 2.75) is 26.3 Å². The molecular weight excluding hydrogens is 200 g/mol. The highest BCUT2D eigenvalue weighted by molar-refractivity contribution is 5.94. The zero-order chi connectivity index (χ0) is 12.1. The Bertz CT molecular complexity index is 343. The lowest BCUT2D eigenvalue weighted by Gasteiger charge is -2.21.